The minimum absolute atomic E-state index is 0.00912. The van der Waals surface area contributed by atoms with Gasteiger partial charge in [0.25, 0.3) is 0 Å². The normalized spacial score (nSPS) is 22.1. The van der Waals surface area contributed by atoms with Crippen LogP contribution < -0.4 is 4.74 Å². The zero-order chi connectivity index (χ0) is 105. The number of hydrogen-bond acceptors (Lipinski definition) is 13. The summed E-state index contributed by atoms with van der Waals surface area (Å²) >= 11 is 0. The molecule has 19 nitrogen and oxygen atoms in total. The minimum atomic E-state index is -0.720. The van der Waals surface area contributed by atoms with E-state index in [0.29, 0.717) is 86.1 Å². The number of hydrogen-bond donors (Lipinski definition) is 6. The van der Waals surface area contributed by atoms with Gasteiger partial charge in [0, 0.05) is 225 Å². The fourth-order valence-electron chi connectivity index (χ4n) is 26.8. The second-order valence-corrected chi connectivity index (χ2v) is 48.0. The van der Waals surface area contributed by atoms with Crippen LogP contribution in [0.1, 0.15) is 342 Å². The number of halogens is 5. The molecule has 0 fully saturated rings. The van der Waals surface area contributed by atoms with Crippen LogP contribution in [-0.4, -0.2) is 103 Å². The lowest BCUT2D eigenvalue weighted by atomic mass is 9.64. The number of methoxy groups -OCH3 is 1. The van der Waals surface area contributed by atoms with Gasteiger partial charge in [0.15, 0.2) is 34.7 Å². The van der Waals surface area contributed by atoms with Gasteiger partial charge in [-0.25, -0.2) is 22.0 Å². The monoisotopic (exact) mass is 1990 g/mol. The Balaban J connectivity index is 0.000000111. The number of benzene rings is 6. The second-order valence-electron chi connectivity index (χ2n) is 48.0. The van der Waals surface area contributed by atoms with Crippen molar-refractivity contribution in [1.82, 2.24) is 61.2 Å². The molecule has 24 rings (SSSR count). The Kier molecular flexibility index (Phi) is 26.8. The fraction of sp³-hybridized carbons (Fsp3) is 0.415. The highest BCUT2D eigenvalue weighted by Gasteiger charge is 2.51. The van der Waals surface area contributed by atoms with E-state index in [1.807, 2.05) is 52.0 Å². The van der Waals surface area contributed by atoms with Crippen LogP contribution in [-0.2, 0) is 67.3 Å². The molecule has 0 saturated carbocycles. The Bertz CT molecular complexity index is 7290. The number of aromatic amines is 6. The first-order valence-corrected chi connectivity index (χ1v) is 51.7. The summed E-state index contributed by atoms with van der Waals surface area (Å²) in [5.74, 6) is -2.21. The third-order valence-electron chi connectivity index (χ3n) is 32.5. The number of carbonyl (C=O) groups excluding carboxylic acids is 6. The van der Waals surface area contributed by atoms with Crippen LogP contribution in [0.4, 0.5) is 22.0 Å². The number of nitrogens with zero attached hydrogens (tertiary/aromatic N) is 6. The molecular weight excluding hydrogens is 1850 g/mol. The number of H-pyrrole nitrogens is 6. The lowest BCUT2D eigenvalue weighted by Gasteiger charge is -2.38. The van der Waals surface area contributed by atoms with Crippen molar-refractivity contribution in [2.24, 2.45) is 32.5 Å². The molecule has 6 atom stereocenters. The van der Waals surface area contributed by atoms with Crippen LogP contribution >= 0.6 is 0 Å². The molecule has 762 valence electrons. The van der Waals surface area contributed by atoms with Crippen LogP contribution in [0.5, 0.6) is 5.75 Å². The lowest BCUT2D eigenvalue weighted by Crippen LogP contribution is -2.32. The number of Topliss-reactive ketones (excluding diaryl/α,β-unsaturated/α-hetero) is 6. The predicted molar refractivity (Wildman–Crippen MR) is 558 cm³/mol. The maximum absolute atomic E-state index is 14.6. The molecule has 147 heavy (non-hydrogen) atoms. The largest absolute Gasteiger partial charge is 0.497 e. The van der Waals surface area contributed by atoms with E-state index in [-0.39, 0.29) is 96.2 Å². The molecule has 6 N–H and O–H groups in total. The smallest absolute Gasteiger partial charge is 0.160 e. The third-order valence-corrected chi connectivity index (χ3v) is 32.5. The van der Waals surface area contributed by atoms with Crippen molar-refractivity contribution in [3.05, 3.63) is 376 Å². The summed E-state index contributed by atoms with van der Waals surface area (Å²) in [6.07, 6.45) is 12.8. The van der Waals surface area contributed by atoms with Gasteiger partial charge in [0.05, 0.1) is 41.3 Å². The van der Waals surface area contributed by atoms with E-state index in [4.69, 9.17) is 4.74 Å². The number of allylic oxidation sites excluding steroid dienone is 12. The molecule has 12 aliphatic rings. The van der Waals surface area contributed by atoms with E-state index in [0.717, 1.165) is 205 Å². The molecule has 6 heterocycles. The molecule has 0 amide bonds. The van der Waals surface area contributed by atoms with Gasteiger partial charge < -0.3 is 4.74 Å². The van der Waals surface area contributed by atoms with Gasteiger partial charge in [0.1, 0.15) is 34.8 Å². The van der Waals surface area contributed by atoms with E-state index in [1.54, 1.807) is 19.2 Å². The number of nitrogens with one attached hydrogen (secondary N) is 6. The number of rotatable bonds is 7. The number of aromatic nitrogens is 12. The van der Waals surface area contributed by atoms with Crippen LogP contribution in [0.2, 0.25) is 0 Å². The molecule has 4 unspecified atom stereocenters. The Morgan fingerprint density at radius 3 is 0.823 bits per heavy atom. The first-order valence-electron chi connectivity index (χ1n) is 51.7. The van der Waals surface area contributed by atoms with Crippen LogP contribution in [0.15, 0.2) is 200 Å². The molecule has 24 heteroatoms. The standard InChI is InChI=1S/C21H24N2O2.2C21H24N2O.2C20H20F2N2O.C20H21FN2O/c1-12-18-16(23-22-12)9-14-10-21(2,3)11-17(24)19(14)20(18)13-6-5-7-15(8-13)25-4;2*1-12-7-5-6-8-15(12)20-18-13(2)22-23-16(18)9-14-10-21(3,4)11-17(24)19(14)20;1-10-17-15(24-23-10)6-11-8-20(2,3)9-16(25)18(11)19(17)13-7-12(21)4-5-14(13)22;1-10-16-14(24-23-10)7-11-8-20(2,3)9-15(25)17(11)19(16)18-12(21)5-4-6-13(18)22;1-11-17-15(23-22-11)8-12-9-20(2,3)10-16(24)18(12)19(17)13-6-4-5-7-14(13)21/h5-8,20H,9-11H2,1-4H3,(H,22,23);2*5-8,20H,9-11H2,1-4H3,(H,22,23);4-5,7,19H,6,8-9H2,1-3H3,(H,23,24);4-6,19H,7-9H2,1-3H3,(H,23,24);4-7,19H,8-10H2,1-3H3,(H,22,23)/t;2*20-;;;/m.10.../s1. The molecule has 6 aromatic carbocycles. The Hall–Kier alpha value is -13.5. The van der Waals surface area contributed by atoms with E-state index in [1.165, 1.54) is 86.0 Å². The van der Waals surface area contributed by atoms with E-state index in [2.05, 4.69) is 227 Å². The van der Waals surface area contributed by atoms with E-state index < -0.39 is 35.1 Å². The SMILES string of the molecule is COc1cccc(C2C3=C(Cc4n[nH]c(C)c42)CC(C)(C)CC3=O)c1.Cc1[nH]nc2c1C(c1c(F)cccc1F)C1=C(C2)CC(C)(C)CC1=O.Cc1[nH]nc2c1C(c1cc(F)ccc1F)C1=C(C2)CC(C)(C)CC1=O.Cc1[nH]nc2c1C(c1ccccc1F)C1=C(C2)CC(C)(C)CC1=O.Cc1ccccc1[C@@H]1C2=C(Cc3n[nH]c(C)c31)CC(C)(C)CC2=O.Cc1ccccc1[C@H]1C2=C(Cc3n[nH]c(C)c31)CC(C)(C)CC2=O. The zero-order valence-corrected chi connectivity index (χ0v) is 88.3. The molecule has 0 aliphatic heterocycles. The fourth-order valence-corrected chi connectivity index (χ4v) is 26.8. The number of ketones is 6. The summed E-state index contributed by atoms with van der Waals surface area (Å²) in [6, 6.07) is 39.0. The quantitative estimate of drug-likeness (QED) is 0.0811. The van der Waals surface area contributed by atoms with Crippen molar-refractivity contribution in [1.29, 1.82) is 0 Å². The summed E-state index contributed by atoms with van der Waals surface area (Å²) in [5, 5.41) is 45.1. The van der Waals surface area contributed by atoms with Gasteiger partial charge in [-0.05, 0) is 208 Å². The molecule has 6 aromatic heterocycles. The van der Waals surface area contributed by atoms with Gasteiger partial charge in [-0.3, -0.25) is 59.4 Å². The number of carbonyl (C=O) groups is 6. The first kappa shape index (κ1) is 102. The summed E-state index contributed by atoms with van der Waals surface area (Å²) in [4.78, 5) is 78.2. The molecular formula is C123H133F5N12O7. The van der Waals surface area contributed by atoms with Crippen molar-refractivity contribution < 1.29 is 55.5 Å². The molecule has 0 radical (unpaired) electrons. The van der Waals surface area contributed by atoms with Crippen molar-refractivity contribution in [3.63, 3.8) is 0 Å². The Morgan fingerprint density at radius 2 is 0.510 bits per heavy atom. The highest BCUT2D eigenvalue weighted by Crippen LogP contribution is 2.58. The van der Waals surface area contributed by atoms with E-state index >= 15 is 0 Å². The summed E-state index contributed by atoms with van der Waals surface area (Å²) in [7, 11) is 1.67. The van der Waals surface area contributed by atoms with Crippen LogP contribution in [0, 0.1) is 117 Å². The van der Waals surface area contributed by atoms with Gasteiger partial charge >= 0.3 is 0 Å². The van der Waals surface area contributed by atoms with Gasteiger partial charge in [0.2, 0.25) is 0 Å². The van der Waals surface area contributed by atoms with Crippen molar-refractivity contribution in [2.45, 2.75) is 290 Å². The Morgan fingerprint density at radius 1 is 0.259 bits per heavy atom. The molecule has 12 aromatic rings. The number of aryl methyl sites for hydroxylation is 8. The second kappa shape index (κ2) is 38.6. The van der Waals surface area contributed by atoms with E-state index in [9.17, 15) is 50.7 Å². The van der Waals surface area contributed by atoms with Crippen molar-refractivity contribution in [3.8, 4) is 5.75 Å². The summed E-state index contributed by atoms with van der Waals surface area (Å²) < 4.78 is 77.6. The Labute approximate surface area is 856 Å². The molecule has 0 bridgehead atoms. The molecule has 0 spiro atoms. The summed E-state index contributed by atoms with van der Waals surface area (Å²) in [5.41, 5.74) is 36.4. The maximum atomic E-state index is 14.6. The average molecular weight is 1990 g/mol. The average Bonchev–Trinajstić information content (AvgIpc) is 1.70. The third kappa shape index (κ3) is 19.5. The van der Waals surface area contributed by atoms with Gasteiger partial charge in [-0.15, -0.1) is 0 Å². The molecule has 12 aliphatic carbocycles. The highest BCUT2D eigenvalue weighted by molar-refractivity contribution is 6.05. The first-order chi connectivity index (χ1) is 69.6. The maximum Gasteiger partial charge on any atom is 0.160 e. The topological polar surface area (TPSA) is 284 Å². The number of fused-ring (bicyclic) bond motifs is 6. The highest BCUT2D eigenvalue weighted by atomic mass is 19.1. The number of ether oxygens (including phenoxy) is 1. The minimum Gasteiger partial charge on any atom is -0.497 e. The predicted octanol–water partition coefficient (Wildman–Crippen LogP) is 25.9. The van der Waals surface area contributed by atoms with Gasteiger partial charge in [-0.2, -0.15) is 30.6 Å². The van der Waals surface area contributed by atoms with Gasteiger partial charge in [-0.1, -0.05) is 201 Å². The van der Waals surface area contributed by atoms with Crippen molar-refractivity contribution >= 4 is 34.7 Å². The van der Waals surface area contributed by atoms with Crippen LogP contribution in [0.3, 0.4) is 0 Å². The zero-order valence-electron chi connectivity index (χ0n) is 88.3. The van der Waals surface area contributed by atoms with Crippen LogP contribution in [0.25, 0.3) is 0 Å². The molecule has 0 saturated heterocycles. The lowest BCUT2D eigenvalue weighted by molar-refractivity contribution is -0.119. The van der Waals surface area contributed by atoms with Crippen molar-refractivity contribution in [2.75, 3.05) is 7.11 Å². The summed E-state index contributed by atoms with van der Waals surface area (Å²) in [6.45, 7) is 41.7.